The molecule has 17 heavy (non-hydrogen) atoms. The van der Waals surface area contributed by atoms with Crippen LogP contribution in [0.15, 0.2) is 0 Å². The molecule has 100 valence electrons. The number of carbonyl (C=O) groups is 1. The minimum Gasteiger partial charge on any atom is -0.391 e. The fourth-order valence-corrected chi connectivity index (χ4v) is 1.76. The molecule has 7 heteroatoms. The number of hydrogen-bond acceptors (Lipinski definition) is 2. The zero-order chi connectivity index (χ0) is 13.7. The molecule has 0 unspecified atom stereocenters. The molecule has 0 heterocycles. The zero-order valence-electron chi connectivity index (χ0n) is 9.86. The van der Waals surface area contributed by atoms with Crippen LogP contribution in [0.5, 0.6) is 0 Å². The van der Waals surface area contributed by atoms with Gasteiger partial charge in [-0.1, -0.05) is 26.1 Å². The zero-order valence-corrected chi connectivity index (χ0v) is 10.7. The Kier molecular flexibility index (Phi) is 5.87. The van der Waals surface area contributed by atoms with Crippen LogP contribution in [0.2, 0.25) is 0 Å². The highest BCUT2D eigenvalue weighted by molar-refractivity contribution is 7.80. The van der Waals surface area contributed by atoms with E-state index in [1.165, 1.54) is 0 Å². The van der Waals surface area contributed by atoms with E-state index in [1.807, 2.05) is 0 Å². The van der Waals surface area contributed by atoms with Crippen LogP contribution in [0.25, 0.3) is 0 Å². The molecular weight excluding hydrogens is 253 g/mol. The molecule has 3 N–H and O–H groups in total. The van der Waals surface area contributed by atoms with E-state index >= 15 is 0 Å². The van der Waals surface area contributed by atoms with E-state index in [-0.39, 0.29) is 4.99 Å². The first-order valence-corrected chi connectivity index (χ1v) is 5.75. The molecule has 0 aliphatic carbocycles. The standard InChI is InChI=1S/C10H17F3N2OS/c1-3-9(4-2,8(14)17)15-7(16)5-6-10(11,12)13/h3-6H2,1-2H3,(H2,14,17)(H,15,16). The van der Waals surface area contributed by atoms with Gasteiger partial charge in [-0.05, 0) is 12.8 Å². The maximum absolute atomic E-state index is 11.9. The third-order valence-corrected chi connectivity index (χ3v) is 3.08. The van der Waals surface area contributed by atoms with E-state index in [1.54, 1.807) is 13.8 Å². The minimum atomic E-state index is -4.33. The van der Waals surface area contributed by atoms with Crippen LogP contribution < -0.4 is 11.1 Å². The van der Waals surface area contributed by atoms with E-state index in [4.69, 9.17) is 18.0 Å². The Labute approximate surface area is 104 Å². The molecule has 3 nitrogen and oxygen atoms in total. The molecule has 0 aromatic heterocycles. The van der Waals surface area contributed by atoms with Gasteiger partial charge in [-0.15, -0.1) is 0 Å². The average molecular weight is 270 g/mol. The van der Waals surface area contributed by atoms with Gasteiger partial charge in [0.15, 0.2) is 0 Å². The summed E-state index contributed by atoms with van der Waals surface area (Å²) in [5.74, 6) is -0.682. The van der Waals surface area contributed by atoms with Crippen LogP contribution in [-0.4, -0.2) is 22.6 Å². The van der Waals surface area contributed by atoms with Crippen LogP contribution in [0.4, 0.5) is 13.2 Å². The van der Waals surface area contributed by atoms with Crippen molar-refractivity contribution in [1.82, 2.24) is 5.32 Å². The van der Waals surface area contributed by atoms with Crippen molar-refractivity contribution in [3.63, 3.8) is 0 Å². The number of thiocarbonyl (C=S) groups is 1. The van der Waals surface area contributed by atoms with Crippen LogP contribution in [0.1, 0.15) is 39.5 Å². The molecule has 0 fully saturated rings. The van der Waals surface area contributed by atoms with Crippen molar-refractivity contribution in [2.75, 3.05) is 0 Å². The van der Waals surface area contributed by atoms with Gasteiger partial charge in [-0.3, -0.25) is 4.79 Å². The lowest BCUT2D eigenvalue weighted by Crippen LogP contribution is -2.56. The number of nitrogens with two attached hydrogens (primary N) is 1. The Morgan fingerprint density at radius 3 is 2.06 bits per heavy atom. The summed E-state index contributed by atoms with van der Waals surface area (Å²) in [6.45, 7) is 3.54. The van der Waals surface area contributed by atoms with Gasteiger partial charge in [-0.25, -0.2) is 0 Å². The van der Waals surface area contributed by atoms with Gasteiger partial charge in [0.2, 0.25) is 5.91 Å². The summed E-state index contributed by atoms with van der Waals surface area (Å²) in [6, 6.07) is 0. The smallest absolute Gasteiger partial charge is 0.389 e. The molecule has 0 aromatic carbocycles. The first kappa shape index (κ1) is 16.1. The Morgan fingerprint density at radius 2 is 1.76 bits per heavy atom. The second-order valence-corrected chi connectivity index (χ2v) is 4.26. The first-order valence-electron chi connectivity index (χ1n) is 5.34. The second-order valence-electron chi connectivity index (χ2n) is 3.82. The van der Waals surface area contributed by atoms with E-state index in [0.717, 1.165) is 0 Å². The Morgan fingerprint density at radius 1 is 1.29 bits per heavy atom. The summed E-state index contributed by atoms with van der Waals surface area (Å²) in [5.41, 5.74) is 4.64. The largest absolute Gasteiger partial charge is 0.391 e. The van der Waals surface area contributed by atoms with Crippen molar-refractivity contribution in [2.45, 2.75) is 51.2 Å². The van der Waals surface area contributed by atoms with Crippen LogP contribution in [-0.2, 0) is 4.79 Å². The highest BCUT2D eigenvalue weighted by Gasteiger charge is 2.33. The summed E-state index contributed by atoms with van der Waals surface area (Å²) in [7, 11) is 0. The van der Waals surface area contributed by atoms with Crippen molar-refractivity contribution in [2.24, 2.45) is 5.73 Å². The Bertz CT molecular complexity index is 288. The van der Waals surface area contributed by atoms with Gasteiger partial charge in [0.05, 0.1) is 16.9 Å². The molecule has 0 spiro atoms. The van der Waals surface area contributed by atoms with Gasteiger partial charge in [0, 0.05) is 6.42 Å². The van der Waals surface area contributed by atoms with E-state index in [0.29, 0.717) is 12.8 Å². The predicted octanol–water partition coefficient (Wildman–Crippen LogP) is 2.29. The number of hydrogen-bond donors (Lipinski definition) is 2. The molecule has 1 amide bonds. The van der Waals surface area contributed by atoms with Crippen molar-refractivity contribution < 1.29 is 18.0 Å². The quantitative estimate of drug-likeness (QED) is 0.728. The number of amides is 1. The van der Waals surface area contributed by atoms with Crippen molar-refractivity contribution in [3.8, 4) is 0 Å². The summed E-state index contributed by atoms with van der Waals surface area (Å²) < 4.78 is 35.8. The van der Waals surface area contributed by atoms with Gasteiger partial charge in [0.25, 0.3) is 0 Å². The molecule has 0 aliphatic heterocycles. The lowest BCUT2D eigenvalue weighted by Gasteiger charge is -2.31. The molecule has 0 saturated heterocycles. The molecule has 0 radical (unpaired) electrons. The van der Waals surface area contributed by atoms with Gasteiger partial charge in [0.1, 0.15) is 0 Å². The number of halogens is 3. The Hall–Kier alpha value is -0.850. The third kappa shape index (κ3) is 5.34. The van der Waals surface area contributed by atoms with Crippen molar-refractivity contribution in [3.05, 3.63) is 0 Å². The lowest BCUT2D eigenvalue weighted by molar-refractivity contribution is -0.144. The fourth-order valence-electron chi connectivity index (χ4n) is 1.42. The summed E-state index contributed by atoms with van der Waals surface area (Å²) >= 11 is 4.84. The van der Waals surface area contributed by atoms with E-state index < -0.39 is 30.5 Å². The third-order valence-electron chi connectivity index (χ3n) is 2.69. The van der Waals surface area contributed by atoms with Crippen LogP contribution >= 0.6 is 12.2 Å². The highest BCUT2D eigenvalue weighted by Crippen LogP contribution is 2.22. The van der Waals surface area contributed by atoms with Gasteiger partial charge >= 0.3 is 6.18 Å². The van der Waals surface area contributed by atoms with Gasteiger partial charge in [-0.2, -0.15) is 13.2 Å². The van der Waals surface area contributed by atoms with Crippen LogP contribution in [0, 0.1) is 0 Å². The molecule has 0 aromatic rings. The molecule has 0 saturated carbocycles. The first-order chi connectivity index (χ1) is 7.67. The minimum absolute atomic E-state index is 0.0999. The normalized spacial score (nSPS) is 12.3. The van der Waals surface area contributed by atoms with E-state index in [2.05, 4.69) is 5.32 Å². The number of rotatable bonds is 6. The number of carbonyl (C=O) groups excluding carboxylic acids is 1. The van der Waals surface area contributed by atoms with Crippen molar-refractivity contribution >= 4 is 23.1 Å². The summed E-state index contributed by atoms with van der Waals surface area (Å²) in [4.78, 5) is 11.5. The Balaban J connectivity index is 4.48. The molecule has 0 rings (SSSR count). The van der Waals surface area contributed by atoms with E-state index in [9.17, 15) is 18.0 Å². The van der Waals surface area contributed by atoms with Gasteiger partial charge < -0.3 is 11.1 Å². The monoisotopic (exact) mass is 270 g/mol. The maximum atomic E-state index is 11.9. The van der Waals surface area contributed by atoms with Crippen LogP contribution in [0.3, 0.4) is 0 Å². The molecular formula is C10H17F3N2OS. The SMILES string of the molecule is CCC(CC)(NC(=O)CCC(F)(F)F)C(N)=S. The second kappa shape index (κ2) is 6.18. The lowest BCUT2D eigenvalue weighted by atomic mass is 9.92. The summed E-state index contributed by atoms with van der Waals surface area (Å²) in [6.07, 6.45) is -5.16. The number of nitrogens with one attached hydrogen (secondary N) is 1. The van der Waals surface area contributed by atoms with Crippen molar-refractivity contribution in [1.29, 1.82) is 0 Å². The fraction of sp³-hybridized carbons (Fsp3) is 0.800. The molecule has 0 bridgehead atoms. The topological polar surface area (TPSA) is 55.1 Å². The molecule has 0 atom stereocenters. The summed E-state index contributed by atoms with van der Waals surface area (Å²) in [5, 5.41) is 2.50. The predicted molar refractivity (Wildman–Crippen MR) is 63.5 cm³/mol. The molecule has 0 aliphatic rings. The maximum Gasteiger partial charge on any atom is 0.389 e. The average Bonchev–Trinajstić information content (AvgIpc) is 2.22. The number of alkyl halides is 3. The highest BCUT2D eigenvalue weighted by atomic mass is 32.1.